The molecule has 1 aromatic carbocycles. The van der Waals surface area contributed by atoms with E-state index in [1.165, 1.54) is 5.56 Å². The molecule has 0 radical (unpaired) electrons. The van der Waals surface area contributed by atoms with Gasteiger partial charge in [0.15, 0.2) is 0 Å². The Kier molecular flexibility index (Phi) is 5.47. The van der Waals surface area contributed by atoms with E-state index in [4.69, 9.17) is 4.74 Å². The molecule has 1 fully saturated rings. The molecule has 0 aromatic heterocycles. The predicted octanol–water partition coefficient (Wildman–Crippen LogP) is 3.28. The molecule has 2 rings (SSSR count). The van der Waals surface area contributed by atoms with Gasteiger partial charge in [0.1, 0.15) is 5.75 Å². The highest BCUT2D eigenvalue weighted by Crippen LogP contribution is 2.26. The number of methoxy groups -OCH3 is 1. The number of nitrogens with zero attached hydrogens (tertiary/aromatic N) is 1. The van der Waals surface area contributed by atoms with Crippen LogP contribution >= 0.6 is 15.9 Å². The standard InChI is InChI=1S/C16H25BrN2O/c1-11(2)15-8-18-12(3)9-19(15)10-13-7-14(17)5-6-16(13)20-4/h5-7,11-12,15,18H,8-10H2,1-4H3. The Labute approximate surface area is 130 Å². The van der Waals surface area contributed by atoms with E-state index in [9.17, 15) is 0 Å². The van der Waals surface area contributed by atoms with Crippen molar-refractivity contribution in [2.24, 2.45) is 5.92 Å². The van der Waals surface area contributed by atoms with Crippen molar-refractivity contribution in [3.8, 4) is 5.75 Å². The maximum absolute atomic E-state index is 5.50. The van der Waals surface area contributed by atoms with E-state index in [1.54, 1.807) is 7.11 Å². The Balaban J connectivity index is 2.19. The minimum atomic E-state index is 0.545. The number of ether oxygens (including phenoxy) is 1. The van der Waals surface area contributed by atoms with E-state index in [0.717, 1.165) is 29.9 Å². The molecule has 1 aliphatic heterocycles. The third-order valence-electron chi connectivity index (χ3n) is 4.04. The van der Waals surface area contributed by atoms with Crippen molar-refractivity contribution < 1.29 is 4.74 Å². The molecule has 1 aromatic rings. The molecule has 0 spiro atoms. The third kappa shape index (κ3) is 3.74. The van der Waals surface area contributed by atoms with Crippen molar-refractivity contribution in [3.63, 3.8) is 0 Å². The Morgan fingerprint density at radius 3 is 2.85 bits per heavy atom. The summed E-state index contributed by atoms with van der Waals surface area (Å²) in [5, 5.41) is 3.59. The monoisotopic (exact) mass is 340 g/mol. The molecule has 2 atom stereocenters. The zero-order chi connectivity index (χ0) is 14.7. The van der Waals surface area contributed by atoms with Crippen LogP contribution in [-0.4, -0.2) is 37.2 Å². The van der Waals surface area contributed by atoms with Crippen LogP contribution in [0.2, 0.25) is 0 Å². The average Bonchev–Trinajstić information content (AvgIpc) is 2.38. The lowest BCUT2D eigenvalue weighted by Gasteiger charge is -2.41. The quantitative estimate of drug-likeness (QED) is 0.910. The molecule has 3 nitrogen and oxygen atoms in total. The zero-order valence-corrected chi connectivity index (χ0v) is 14.4. The van der Waals surface area contributed by atoms with Gasteiger partial charge < -0.3 is 10.1 Å². The molecule has 1 heterocycles. The minimum absolute atomic E-state index is 0.545. The van der Waals surface area contributed by atoms with E-state index < -0.39 is 0 Å². The van der Waals surface area contributed by atoms with Crippen molar-refractivity contribution >= 4 is 15.9 Å². The third-order valence-corrected chi connectivity index (χ3v) is 4.53. The van der Waals surface area contributed by atoms with Gasteiger partial charge in [0.25, 0.3) is 0 Å². The van der Waals surface area contributed by atoms with Crippen LogP contribution in [-0.2, 0) is 6.54 Å². The molecule has 0 aliphatic carbocycles. The van der Waals surface area contributed by atoms with Crippen molar-refractivity contribution in [2.75, 3.05) is 20.2 Å². The topological polar surface area (TPSA) is 24.5 Å². The highest BCUT2D eigenvalue weighted by Gasteiger charge is 2.28. The van der Waals surface area contributed by atoms with E-state index >= 15 is 0 Å². The van der Waals surface area contributed by atoms with Gasteiger partial charge in [0, 0.05) is 41.8 Å². The molecular formula is C16H25BrN2O. The van der Waals surface area contributed by atoms with E-state index in [-0.39, 0.29) is 0 Å². The molecule has 112 valence electrons. The van der Waals surface area contributed by atoms with Gasteiger partial charge in [0.2, 0.25) is 0 Å². The van der Waals surface area contributed by atoms with Crippen LogP contribution < -0.4 is 10.1 Å². The Hall–Kier alpha value is -0.580. The number of hydrogen-bond donors (Lipinski definition) is 1. The summed E-state index contributed by atoms with van der Waals surface area (Å²) in [7, 11) is 1.74. The zero-order valence-electron chi connectivity index (χ0n) is 12.8. The normalized spacial score (nSPS) is 24.1. The summed E-state index contributed by atoms with van der Waals surface area (Å²) in [6.07, 6.45) is 0. The summed E-state index contributed by atoms with van der Waals surface area (Å²) in [4.78, 5) is 2.58. The summed E-state index contributed by atoms with van der Waals surface area (Å²) in [6, 6.07) is 7.36. The molecule has 2 unspecified atom stereocenters. The van der Waals surface area contributed by atoms with Gasteiger partial charge in [-0.25, -0.2) is 0 Å². The Morgan fingerprint density at radius 2 is 2.20 bits per heavy atom. The van der Waals surface area contributed by atoms with Gasteiger partial charge in [-0.2, -0.15) is 0 Å². The first-order chi connectivity index (χ1) is 9.51. The van der Waals surface area contributed by atoms with Crippen LogP contribution in [0.5, 0.6) is 5.75 Å². The van der Waals surface area contributed by atoms with Crippen LogP contribution in [0.1, 0.15) is 26.3 Å². The predicted molar refractivity (Wildman–Crippen MR) is 87.2 cm³/mol. The van der Waals surface area contributed by atoms with Crippen LogP contribution in [0.3, 0.4) is 0 Å². The lowest BCUT2D eigenvalue weighted by Crippen LogP contribution is -2.56. The Morgan fingerprint density at radius 1 is 1.45 bits per heavy atom. The van der Waals surface area contributed by atoms with Crippen molar-refractivity contribution in [3.05, 3.63) is 28.2 Å². The fraction of sp³-hybridized carbons (Fsp3) is 0.625. The smallest absolute Gasteiger partial charge is 0.123 e. The highest BCUT2D eigenvalue weighted by atomic mass is 79.9. The molecule has 1 N–H and O–H groups in total. The van der Waals surface area contributed by atoms with Crippen molar-refractivity contribution in [1.82, 2.24) is 10.2 Å². The second-order valence-electron chi connectivity index (χ2n) is 6.01. The molecule has 4 heteroatoms. The molecule has 20 heavy (non-hydrogen) atoms. The molecule has 0 bridgehead atoms. The fourth-order valence-corrected chi connectivity index (χ4v) is 3.34. The number of nitrogens with one attached hydrogen (secondary N) is 1. The maximum Gasteiger partial charge on any atom is 0.123 e. The summed E-state index contributed by atoms with van der Waals surface area (Å²) in [5.74, 6) is 1.62. The summed E-state index contributed by atoms with van der Waals surface area (Å²) in [5.41, 5.74) is 1.25. The molecule has 1 aliphatic rings. The van der Waals surface area contributed by atoms with Crippen molar-refractivity contribution in [1.29, 1.82) is 0 Å². The van der Waals surface area contributed by atoms with Gasteiger partial charge in [-0.1, -0.05) is 29.8 Å². The van der Waals surface area contributed by atoms with Crippen LogP contribution in [0.15, 0.2) is 22.7 Å². The number of piperazine rings is 1. The van der Waals surface area contributed by atoms with E-state index in [0.29, 0.717) is 18.0 Å². The lowest BCUT2D eigenvalue weighted by atomic mass is 9.98. The number of benzene rings is 1. The second kappa shape index (κ2) is 6.92. The summed E-state index contributed by atoms with van der Waals surface area (Å²) >= 11 is 3.56. The summed E-state index contributed by atoms with van der Waals surface area (Å²) < 4.78 is 6.61. The largest absolute Gasteiger partial charge is 0.496 e. The van der Waals surface area contributed by atoms with Crippen LogP contribution in [0.25, 0.3) is 0 Å². The van der Waals surface area contributed by atoms with Gasteiger partial charge in [-0.3, -0.25) is 4.90 Å². The van der Waals surface area contributed by atoms with E-state index in [1.807, 2.05) is 12.1 Å². The molecule has 0 amide bonds. The molecular weight excluding hydrogens is 316 g/mol. The molecule has 0 saturated carbocycles. The first-order valence-electron chi connectivity index (χ1n) is 7.31. The highest BCUT2D eigenvalue weighted by molar-refractivity contribution is 9.10. The second-order valence-corrected chi connectivity index (χ2v) is 6.92. The fourth-order valence-electron chi connectivity index (χ4n) is 2.93. The maximum atomic E-state index is 5.50. The SMILES string of the molecule is COc1ccc(Br)cc1CN1CC(C)NCC1C(C)C. The lowest BCUT2D eigenvalue weighted by molar-refractivity contribution is 0.0947. The van der Waals surface area contributed by atoms with Gasteiger partial charge in [-0.05, 0) is 31.0 Å². The van der Waals surface area contributed by atoms with Crippen LogP contribution in [0.4, 0.5) is 0 Å². The number of hydrogen-bond acceptors (Lipinski definition) is 3. The van der Waals surface area contributed by atoms with Gasteiger partial charge >= 0.3 is 0 Å². The number of rotatable bonds is 4. The molecule has 1 saturated heterocycles. The minimum Gasteiger partial charge on any atom is -0.496 e. The van der Waals surface area contributed by atoms with Gasteiger partial charge in [-0.15, -0.1) is 0 Å². The van der Waals surface area contributed by atoms with E-state index in [2.05, 4.69) is 53.0 Å². The van der Waals surface area contributed by atoms with Crippen LogP contribution in [0, 0.1) is 5.92 Å². The first kappa shape index (κ1) is 15.8. The Bertz CT molecular complexity index is 450. The average molecular weight is 341 g/mol. The first-order valence-corrected chi connectivity index (χ1v) is 8.10. The summed E-state index contributed by atoms with van der Waals surface area (Å²) in [6.45, 7) is 9.94. The van der Waals surface area contributed by atoms with Gasteiger partial charge in [0.05, 0.1) is 7.11 Å². The van der Waals surface area contributed by atoms with Crippen molar-refractivity contribution in [2.45, 2.75) is 39.4 Å². The number of halogens is 1.